The van der Waals surface area contributed by atoms with E-state index in [1.54, 1.807) is 0 Å². The summed E-state index contributed by atoms with van der Waals surface area (Å²) < 4.78 is 23.1. The molecule has 0 bridgehead atoms. The second kappa shape index (κ2) is 4.42. The fourth-order valence-corrected chi connectivity index (χ4v) is 3.53. The average molecular weight is 233 g/mol. The van der Waals surface area contributed by atoms with Crippen LogP contribution in [0.3, 0.4) is 0 Å². The third-order valence-electron chi connectivity index (χ3n) is 2.90. The minimum Gasteiger partial charge on any atom is -0.312 e. The molecule has 1 rings (SSSR count). The van der Waals surface area contributed by atoms with Crippen LogP contribution in [-0.2, 0) is 9.84 Å². The second-order valence-corrected chi connectivity index (χ2v) is 8.11. The van der Waals surface area contributed by atoms with Gasteiger partial charge in [0.15, 0.2) is 9.84 Å². The molecule has 0 aromatic rings. The van der Waals surface area contributed by atoms with Gasteiger partial charge in [-0.2, -0.15) is 0 Å². The van der Waals surface area contributed by atoms with Gasteiger partial charge in [0.25, 0.3) is 0 Å². The van der Waals surface area contributed by atoms with Crippen LogP contribution < -0.4 is 5.32 Å². The fraction of sp³-hybridized carbons (Fsp3) is 1.00. The lowest BCUT2D eigenvalue weighted by atomic mass is 9.96. The number of hydrogen-bond donors (Lipinski definition) is 1. The molecule has 1 aliphatic carbocycles. The van der Waals surface area contributed by atoms with Gasteiger partial charge < -0.3 is 5.32 Å². The van der Waals surface area contributed by atoms with Crippen molar-refractivity contribution in [3.05, 3.63) is 0 Å². The molecule has 0 aromatic heterocycles. The lowest BCUT2D eigenvalue weighted by Crippen LogP contribution is -2.43. The van der Waals surface area contributed by atoms with Crippen LogP contribution >= 0.6 is 0 Å². The first-order valence-electron chi connectivity index (χ1n) is 5.62. The topological polar surface area (TPSA) is 46.2 Å². The molecule has 1 saturated carbocycles. The molecule has 0 spiro atoms. The molecule has 0 radical (unpaired) electrons. The van der Waals surface area contributed by atoms with Crippen molar-refractivity contribution in [2.24, 2.45) is 5.41 Å². The summed E-state index contributed by atoms with van der Waals surface area (Å²) in [6, 6.07) is 0.166. The van der Waals surface area contributed by atoms with Gasteiger partial charge in [-0.05, 0) is 18.3 Å². The zero-order valence-electron chi connectivity index (χ0n) is 10.2. The minimum absolute atomic E-state index is 0.166. The van der Waals surface area contributed by atoms with Gasteiger partial charge in [0.1, 0.15) is 0 Å². The predicted octanol–water partition coefficient (Wildman–Crippen LogP) is 1.59. The van der Waals surface area contributed by atoms with E-state index in [0.29, 0.717) is 0 Å². The molecule has 0 amide bonds. The van der Waals surface area contributed by atoms with Crippen LogP contribution in [0, 0.1) is 5.41 Å². The van der Waals surface area contributed by atoms with Crippen molar-refractivity contribution in [3.8, 4) is 0 Å². The first kappa shape index (κ1) is 13.0. The van der Waals surface area contributed by atoms with Gasteiger partial charge in [-0.25, -0.2) is 8.42 Å². The summed E-state index contributed by atoms with van der Waals surface area (Å²) in [4.78, 5) is 0. The van der Waals surface area contributed by atoms with Gasteiger partial charge in [-0.15, -0.1) is 0 Å². The zero-order chi connectivity index (χ0) is 11.7. The molecule has 3 nitrogen and oxygen atoms in total. The van der Waals surface area contributed by atoms with E-state index in [1.165, 1.54) is 6.26 Å². The molecule has 15 heavy (non-hydrogen) atoms. The fourth-order valence-electron chi connectivity index (χ4n) is 2.11. The first-order chi connectivity index (χ1) is 6.70. The molecular formula is C11H23NO2S. The smallest absolute Gasteiger partial charge is 0.151 e. The van der Waals surface area contributed by atoms with Crippen molar-refractivity contribution in [1.82, 2.24) is 5.32 Å². The first-order valence-corrected chi connectivity index (χ1v) is 7.58. The second-order valence-electron chi connectivity index (χ2n) is 5.85. The Kier molecular flexibility index (Phi) is 3.82. The van der Waals surface area contributed by atoms with E-state index >= 15 is 0 Å². The third-order valence-corrected chi connectivity index (χ3v) is 4.56. The highest BCUT2D eigenvalue weighted by Crippen LogP contribution is 2.25. The molecular weight excluding hydrogens is 210 g/mol. The molecule has 0 aliphatic heterocycles. The van der Waals surface area contributed by atoms with Crippen molar-refractivity contribution < 1.29 is 8.42 Å². The van der Waals surface area contributed by atoms with Gasteiger partial charge in [-0.3, -0.25) is 0 Å². The summed E-state index contributed by atoms with van der Waals surface area (Å²) in [6.45, 7) is 7.35. The Balaban J connectivity index is 2.55. The lowest BCUT2D eigenvalue weighted by molar-refractivity contribution is 0.351. The summed E-state index contributed by atoms with van der Waals surface area (Å²) in [5.74, 6) is 0. The van der Waals surface area contributed by atoms with E-state index < -0.39 is 9.84 Å². The highest BCUT2D eigenvalue weighted by atomic mass is 32.2. The molecule has 1 N–H and O–H groups in total. The van der Waals surface area contributed by atoms with Crippen LogP contribution in [0.2, 0.25) is 0 Å². The van der Waals surface area contributed by atoms with Gasteiger partial charge in [-0.1, -0.05) is 27.2 Å². The number of sulfone groups is 1. The summed E-state index contributed by atoms with van der Waals surface area (Å²) >= 11 is 0. The highest BCUT2D eigenvalue weighted by Gasteiger charge is 2.34. The molecule has 90 valence electrons. The minimum atomic E-state index is -2.88. The summed E-state index contributed by atoms with van der Waals surface area (Å²) in [6.07, 6.45) is 4.20. The van der Waals surface area contributed by atoms with Crippen molar-refractivity contribution >= 4 is 9.84 Å². The molecule has 0 saturated heterocycles. The summed E-state index contributed by atoms with van der Waals surface area (Å²) in [5.41, 5.74) is 0.213. The number of nitrogens with one attached hydrogen (secondary N) is 1. The quantitative estimate of drug-likeness (QED) is 0.805. The van der Waals surface area contributed by atoms with Crippen molar-refractivity contribution in [1.29, 1.82) is 0 Å². The summed E-state index contributed by atoms with van der Waals surface area (Å²) in [7, 11) is -2.88. The Labute approximate surface area is 93.6 Å². The maximum atomic E-state index is 11.5. The van der Waals surface area contributed by atoms with Gasteiger partial charge >= 0.3 is 0 Å². The van der Waals surface area contributed by atoms with Gasteiger partial charge in [0.2, 0.25) is 0 Å². The molecule has 2 atom stereocenters. The molecule has 1 fully saturated rings. The SMILES string of the molecule is CC(C)(C)CNC1CCCC1S(C)(=O)=O. The Hall–Kier alpha value is -0.0900. The lowest BCUT2D eigenvalue weighted by Gasteiger charge is -2.25. The highest BCUT2D eigenvalue weighted by molar-refractivity contribution is 7.91. The van der Waals surface area contributed by atoms with E-state index in [1.807, 2.05) is 0 Å². The van der Waals surface area contributed by atoms with E-state index in [4.69, 9.17) is 0 Å². The summed E-state index contributed by atoms with van der Waals surface area (Å²) in [5, 5.41) is 3.23. The van der Waals surface area contributed by atoms with E-state index in [2.05, 4.69) is 26.1 Å². The molecule has 0 aromatic carbocycles. The van der Waals surface area contributed by atoms with Crippen molar-refractivity contribution in [2.45, 2.75) is 51.3 Å². The monoisotopic (exact) mass is 233 g/mol. The van der Waals surface area contributed by atoms with E-state index in [9.17, 15) is 8.42 Å². The zero-order valence-corrected chi connectivity index (χ0v) is 11.0. The molecule has 0 heterocycles. The molecule has 4 heteroatoms. The van der Waals surface area contributed by atoms with Crippen LogP contribution in [-0.4, -0.2) is 32.5 Å². The van der Waals surface area contributed by atoms with Crippen LogP contribution in [0.4, 0.5) is 0 Å². The molecule has 1 aliphatic rings. The van der Waals surface area contributed by atoms with Gasteiger partial charge in [0.05, 0.1) is 5.25 Å². The van der Waals surface area contributed by atoms with Crippen LogP contribution in [0.25, 0.3) is 0 Å². The Morgan fingerprint density at radius 3 is 2.33 bits per heavy atom. The predicted molar refractivity (Wildman–Crippen MR) is 63.7 cm³/mol. The normalized spacial score (nSPS) is 28.3. The standard InChI is InChI=1S/C11H23NO2S/c1-11(2,3)8-12-9-6-5-7-10(9)15(4,13)14/h9-10,12H,5-8H2,1-4H3. The van der Waals surface area contributed by atoms with E-state index in [-0.39, 0.29) is 16.7 Å². The van der Waals surface area contributed by atoms with Crippen molar-refractivity contribution in [2.75, 3.05) is 12.8 Å². The Morgan fingerprint density at radius 2 is 1.87 bits per heavy atom. The van der Waals surface area contributed by atoms with Crippen LogP contribution in [0.1, 0.15) is 40.0 Å². The Bertz CT molecular complexity index is 303. The maximum Gasteiger partial charge on any atom is 0.151 e. The average Bonchev–Trinajstić information content (AvgIpc) is 2.45. The number of hydrogen-bond acceptors (Lipinski definition) is 3. The maximum absolute atomic E-state index is 11.5. The van der Waals surface area contributed by atoms with Crippen LogP contribution in [0.5, 0.6) is 0 Å². The van der Waals surface area contributed by atoms with Crippen LogP contribution in [0.15, 0.2) is 0 Å². The third kappa shape index (κ3) is 4.11. The molecule has 2 unspecified atom stereocenters. The largest absolute Gasteiger partial charge is 0.312 e. The van der Waals surface area contributed by atoms with E-state index in [0.717, 1.165) is 25.8 Å². The van der Waals surface area contributed by atoms with Crippen molar-refractivity contribution in [3.63, 3.8) is 0 Å². The number of rotatable bonds is 3. The van der Waals surface area contributed by atoms with Gasteiger partial charge in [0, 0.05) is 18.8 Å². The Morgan fingerprint density at radius 1 is 1.27 bits per heavy atom.